The summed E-state index contributed by atoms with van der Waals surface area (Å²) >= 11 is 0. The quantitative estimate of drug-likeness (QED) is 0.832. The molecular formula is C13H17NO4. The van der Waals surface area contributed by atoms with Crippen molar-refractivity contribution in [2.75, 3.05) is 20.3 Å². The van der Waals surface area contributed by atoms with E-state index in [0.29, 0.717) is 13.2 Å². The zero-order valence-corrected chi connectivity index (χ0v) is 10.3. The van der Waals surface area contributed by atoms with Gasteiger partial charge in [0.2, 0.25) is 0 Å². The van der Waals surface area contributed by atoms with Crippen LogP contribution in [0.4, 0.5) is 0 Å². The average molecular weight is 251 g/mol. The molecule has 0 radical (unpaired) electrons. The number of ether oxygens (including phenoxy) is 1. The smallest absolute Gasteiger partial charge is 0.261 e. The SMILES string of the molecule is CN(C(=O)c1c(O)cccc1O)C1CCOCC1. The summed E-state index contributed by atoms with van der Waals surface area (Å²) in [5.74, 6) is -0.754. The molecule has 1 aliphatic rings. The van der Waals surface area contributed by atoms with E-state index in [-0.39, 0.29) is 29.0 Å². The minimum absolute atomic E-state index is 0.0357. The number of phenolic OH excluding ortho intramolecular Hbond substituents is 2. The molecule has 0 aromatic heterocycles. The van der Waals surface area contributed by atoms with Crippen molar-refractivity contribution in [3.8, 4) is 11.5 Å². The number of aromatic hydroxyl groups is 2. The second-order valence-electron chi connectivity index (χ2n) is 4.43. The van der Waals surface area contributed by atoms with E-state index in [1.807, 2.05) is 0 Å². The molecule has 1 aromatic rings. The molecule has 0 unspecified atom stereocenters. The van der Waals surface area contributed by atoms with E-state index in [9.17, 15) is 15.0 Å². The van der Waals surface area contributed by atoms with E-state index in [1.165, 1.54) is 18.2 Å². The molecule has 1 fully saturated rings. The highest BCUT2D eigenvalue weighted by Crippen LogP contribution is 2.28. The molecule has 0 spiro atoms. The maximum Gasteiger partial charge on any atom is 0.261 e. The fourth-order valence-electron chi connectivity index (χ4n) is 2.16. The Morgan fingerprint density at radius 2 is 1.83 bits per heavy atom. The first-order valence-corrected chi connectivity index (χ1v) is 5.97. The van der Waals surface area contributed by atoms with Gasteiger partial charge in [0.15, 0.2) is 0 Å². The predicted octanol–water partition coefficient (Wildman–Crippen LogP) is 1.35. The fraction of sp³-hybridized carbons (Fsp3) is 0.462. The van der Waals surface area contributed by atoms with Gasteiger partial charge in [-0.3, -0.25) is 4.79 Å². The van der Waals surface area contributed by atoms with Crippen molar-refractivity contribution < 1.29 is 19.7 Å². The maximum atomic E-state index is 12.3. The summed E-state index contributed by atoms with van der Waals surface area (Å²) in [6.07, 6.45) is 1.55. The van der Waals surface area contributed by atoms with Crippen molar-refractivity contribution in [2.24, 2.45) is 0 Å². The lowest BCUT2D eigenvalue weighted by Gasteiger charge is -2.31. The van der Waals surface area contributed by atoms with Crippen LogP contribution in [0.1, 0.15) is 23.2 Å². The molecule has 1 saturated heterocycles. The standard InChI is InChI=1S/C13H17NO4/c1-14(9-5-7-18-8-6-9)13(17)12-10(15)3-2-4-11(12)16/h2-4,9,15-16H,5-8H2,1H3. The third-order valence-corrected chi connectivity index (χ3v) is 3.29. The number of nitrogens with zero attached hydrogens (tertiary/aromatic N) is 1. The molecular weight excluding hydrogens is 234 g/mol. The highest BCUT2D eigenvalue weighted by atomic mass is 16.5. The highest BCUT2D eigenvalue weighted by Gasteiger charge is 2.26. The summed E-state index contributed by atoms with van der Waals surface area (Å²) in [6.45, 7) is 1.27. The number of rotatable bonds is 2. The van der Waals surface area contributed by atoms with Crippen LogP contribution < -0.4 is 0 Å². The lowest BCUT2D eigenvalue weighted by atomic mass is 10.1. The van der Waals surface area contributed by atoms with E-state index in [1.54, 1.807) is 11.9 Å². The lowest BCUT2D eigenvalue weighted by molar-refractivity contribution is 0.0359. The van der Waals surface area contributed by atoms with E-state index in [2.05, 4.69) is 0 Å². The number of benzene rings is 1. The summed E-state index contributed by atoms with van der Waals surface area (Å²) in [5, 5.41) is 19.4. The fourth-order valence-corrected chi connectivity index (χ4v) is 2.16. The molecule has 1 amide bonds. The largest absolute Gasteiger partial charge is 0.507 e. The molecule has 0 saturated carbocycles. The monoisotopic (exact) mass is 251 g/mol. The van der Waals surface area contributed by atoms with Crippen LogP contribution in [-0.4, -0.2) is 47.3 Å². The summed E-state index contributed by atoms with van der Waals surface area (Å²) in [7, 11) is 1.68. The van der Waals surface area contributed by atoms with Crippen molar-refractivity contribution in [1.82, 2.24) is 4.90 Å². The number of hydrogen-bond donors (Lipinski definition) is 2. The second-order valence-corrected chi connectivity index (χ2v) is 4.43. The van der Waals surface area contributed by atoms with Gasteiger partial charge in [0.05, 0.1) is 0 Å². The molecule has 5 nitrogen and oxygen atoms in total. The van der Waals surface area contributed by atoms with Gasteiger partial charge in [-0.2, -0.15) is 0 Å². The topological polar surface area (TPSA) is 70.0 Å². The Balaban J connectivity index is 2.19. The van der Waals surface area contributed by atoms with Crippen LogP contribution in [0.2, 0.25) is 0 Å². The highest BCUT2D eigenvalue weighted by molar-refractivity contribution is 5.99. The van der Waals surface area contributed by atoms with Crippen LogP contribution >= 0.6 is 0 Å². The van der Waals surface area contributed by atoms with Crippen LogP contribution in [0.15, 0.2) is 18.2 Å². The van der Waals surface area contributed by atoms with E-state index in [0.717, 1.165) is 12.8 Å². The Kier molecular flexibility index (Phi) is 3.72. The molecule has 5 heteroatoms. The van der Waals surface area contributed by atoms with Crippen LogP contribution in [0.3, 0.4) is 0 Å². The Bertz CT molecular complexity index is 420. The minimum atomic E-state index is -0.363. The molecule has 1 aliphatic heterocycles. The molecule has 2 N–H and O–H groups in total. The summed E-state index contributed by atoms with van der Waals surface area (Å²) in [5.41, 5.74) is -0.0357. The Hall–Kier alpha value is -1.75. The first-order valence-electron chi connectivity index (χ1n) is 5.97. The normalized spacial score (nSPS) is 16.5. The number of amides is 1. The Morgan fingerprint density at radius 3 is 2.39 bits per heavy atom. The second kappa shape index (κ2) is 5.27. The van der Waals surface area contributed by atoms with Crippen molar-refractivity contribution >= 4 is 5.91 Å². The van der Waals surface area contributed by atoms with E-state index in [4.69, 9.17) is 4.74 Å². The number of carbonyl (C=O) groups excluding carboxylic acids is 1. The van der Waals surface area contributed by atoms with Gasteiger partial charge in [0, 0.05) is 26.3 Å². The molecule has 0 bridgehead atoms. The van der Waals surface area contributed by atoms with Crippen LogP contribution in [0.25, 0.3) is 0 Å². The third-order valence-electron chi connectivity index (χ3n) is 3.29. The van der Waals surface area contributed by atoms with Gasteiger partial charge in [-0.25, -0.2) is 0 Å². The van der Waals surface area contributed by atoms with Gasteiger partial charge in [0.25, 0.3) is 5.91 Å². The van der Waals surface area contributed by atoms with Crippen LogP contribution in [0.5, 0.6) is 11.5 Å². The van der Waals surface area contributed by atoms with Crippen molar-refractivity contribution in [3.63, 3.8) is 0 Å². The van der Waals surface area contributed by atoms with Crippen molar-refractivity contribution in [3.05, 3.63) is 23.8 Å². The first-order chi connectivity index (χ1) is 8.61. The van der Waals surface area contributed by atoms with Gasteiger partial charge in [-0.1, -0.05) is 6.07 Å². The van der Waals surface area contributed by atoms with E-state index >= 15 is 0 Å². The predicted molar refractivity (Wildman–Crippen MR) is 65.7 cm³/mol. The van der Waals surface area contributed by atoms with Gasteiger partial charge in [-0.15, -0.1) is 0 Å². The zero-order valence-electron chi connectivity index (χ0n) is 10.3. The maximum absolute atomic E-state index is 12.3. The van der Waals surface area contributed by atoms with Gasteiger partial charge < -0.3 is 19.8 Å². The number of carbonyl (C=O) groups is 1. The van der Waals surface area contributed by atoms with Crippen molar-refractivity contribution in [1.29, 1.82) is 0 Å². The van der Waals surface area contributed by atoms with E-state index < -0.39 is 0 Å². The van der Waals surface area contributed by atoms with Gasteiger partial charge in [-0.05, 0) is 25.0 Å². The van der Waals surface area contributed by atoms with Crippen LogP contribution in [-0.2, 0) is 4.74 Å². The summed E-state index contributed by atoms with van der Waals surface area (Å²) < 4.78 is 5.25. The number of phenols is 2. The molecule has 2 rings (SSSR count). The number of hydrogen-bond acceptors (Lipinski definition) is 4. The first kappa shape index (κ1) is 12.7. The van der Waals surface area contributed by atoms with Crippen LogP contribution in [0, 0.1) is 0 Å². The summed E-state index contributed by atoms with van der Waals surface area (Å²) in [4.78, 5) is 13.8. The molecule has 98 valence electrons. The lowest BCUT2D eigenvalue weighted by Crippen LogP contribution is -2.40. The Labute approximate surface area is 106 Å². The molecule has 1 heterocycles. The van der Waals surface area contributed by atoms with Crippen molar-refractivity contribution in [2.45, 2.75) is 18.9 Å². The molecule has 0 aliphatic carbocycles. The van der Waals surface area contributed by atoms with Gasteiger partial charge >= 0.3 is 0 Å². The third kappa shape index (κ3) is 2.41. The zero-order chi connectivity index (χ0) is 13.1. The Morgan fingerprint density at radius 1 is 1.28 bits per heavy atom. The molecule has 1 aromatic carbocycles. The summed E-state index contributed by atoms with van der Waals surface area (Å²) in [6, 6.07) is 4.37. The van der Waals surface area contributed by atoms with Gasteiger partial charge in [0.1, 0.15) is 17.1 Å². The molecule has 18 heavy (non-hydrogen) atoms. The minimum Gasteiger partial charge on any atom is -0.507 e. The molecule has 0 atom stereocenters. The average Bonchev–Trinajstić information content (AvgIpc) is 2.38.